The summed E-state index contributed by atoms with van der Waals surface area (Å²) in [5, 5.41) is 12.3. The minimum Gasteiger partial charge on any atom is -0.490 e. The second-order valence-electron chi connectivity index (χ2n) is 3.73. The van der Waals surface area contributed by atoms with Gasteiger partial charge in [0.2, 0.25) is 0 Å². The van der Waals surface area contributed by atoms with E-state index in [1.165, 1.54) is 0 Å². The predicted molar refractivity (Wildman–Crippen MR) is 65.5 cm³/mol. The molecule has 1 atom stereocenters. The molecule has 1 rings (SSSR count). The highest BCUT2D eigenvalue weighted by molar-refractivity contribution is 5.28. The molecule has 0 spiro atoms. The summed E-state index contributed by atoms with van der Waals surface area (Å²) < 4.78 is 5.43. The van der Waals surface area contributed by atoms with Crippen molar-refractivity contribution in [3.8, 4) is 5.75 Å². The zero-order valence-corrected chi connectivity index (χ0v) is 9.65. The zero-order chi connectivity index (χ0) is 11.8. The van der Waals surface area contributed by atoms with Crippen LogP contribution in [0.15, 0.2) is 36.9 Å². The van der Waals surface area contributed by atoms with Crippen molar-refractivity contribution in [2.45, 2.75) is 19.6 Å². The van der Waals surface area contributed by atoms with Crippen LogP contribution in [-0.4, -0.2) is 24.4 Å². The van der Waals surface area contributed by atoms with Crippen LogP contribution in [0.1, 0.15) is 12.5 Å². The first-order valence-corrected chi connectivity index (χ1v) is 5.44. The van der Waals surface area contributed by atoms with Crippen molar-refractivity contribution >= 4 is 0 Å². The molecule has 0 radical (unpaired) electrons. The quantitative estimate of drug-likeness (QED) is 0.689. The monoisotopic (exact) mass is 221 g/mol. The molecule has 1 unspecified atom stereocenters. The number of aliphatic hydroxyl groups is 1. The van der Waals surface area contributed by atoms with E-state index in [-0.39, 0.29) is 6.10 Å². The maximum Gasteiger partial charge on any atom is 0.120 e. The van der Waals surface area contributed by atoms with Crippen LogP contribution in [0.4, 0.5) is 0 Å². The fourth-order valence-electron chi connectivity index (χ4n) is 1.33. The van der Waals surface area contributed by atoms with E-state index in [4.69, 9.17) is 9.84 Å². The van der Waals surface area contributed by atoms with Gasteiger partial charge in [0.05, 0.1) is 6.10 Å². The molecule has 88 valence electrons. The van der Waals surface area contributed by atoms with E-state index in [1.54, 1.807) is 13.0 Å². The first kappa shape index (κ1) is 12.7. The molecule has 3 heteroatoms. The van der Waals surface area contributed by atoms with E-state index in [2.05, 4.69) is 11.9 Å². The van der Waals surface area contributed by atoms with E-state index >= 15 is 0 Å². The molecular weight excluding hydrogens is 202 g/mol. The third-order valence-corrected chi connectivity index (χ3v) is 2.04. The lowest BCUT2D eigenvalue weighted by Gasteiger charge is -2.08. The molecule has 1 aromatic rings. The van der Waals surface area contributed by atoms with E-state index in [0.29, 0.717) is 13.2 Å². The lowest BCUT2D eigenvalue weighted by atomic mass is 10.2. The fraction of sp³-hybridized carbons (Fsp3) is 0.385. The Labute approximate surface area is 96.8 Å². The maximum absolute atomic E-state index is 9.10. The number of aliphatic hydroxyl groups excluding tert-OH is 1. The molecule has 0 heterocycles. The number of ether oxygens (including phenoxy) is 1. The second-order valence-corrected chi connectivity index (χ2v) is 3.73. The van der Waals surface area contributed by atoms with Gasteiger partial charge in [0.1, 0.15) is 12.4 Å². The molecule has 1 aromatic carbocycles. The van der Waals surface area contributed by atoms with E-state index < -0.39 is 0 Å². The topological polar surface area (TPSA) is 41.5 Å². The molecule has 2 N–H and O–H groups in total. The van der Waals surface area contributed by atoms with Crippen molar-refractivity contribution in [1.82, 2.24) is 5.32 Å². The van der Waals surface area contributed by atoms with Gasteiger partial charge in [-0.1, -0.05) is 24.8 Å². The average Bonchev–Trinajstić information content (AvgIpc) is 2.26. The molecule has 16 heavy (non-hydrogen) atoms. The highest BCUT2D eigenvalue weighted by atomic mass is 16.5. The number of rotatable bonds is 7. The summed E-state index contributed by atoms with van der Waals surface area (Å²) in [5.41, 5.74) is 1.14. The summed E-state index contributed by atoms with van der Waals surface area (Å²) in [4.78, 5) is 0. The molecule has 0 amide bonds. The summed E-state index contributed by atoms with van der Waals surface area (Å²) in [7, 11) is 0. The lowest BCUT2D eigenvalue weighted by Crippen LogP contribution is -2.23. The minimum absolute atomic E-state index is 0.319. The summed E-state index contributed by atoms with van der Waals surface area (Å²) in [6.45, 7) is 7.21. The fourth-order valence-corrected chi connectivity index (χ4v) is 1.33. The molecule has 0 aliphatic heterocycles. The Morgan fingerprint density at radius 3 is 3.06 bits per heavy atom. The van der Waals surface area contributed by atoms with Gasteiger partial charge < -0.3 is 15.2 Å². The smallest absolute Gasteiger partial charge is 0.120 e. The first-order chi connectivity index (χ1) is 7.72. The van der Waals surface area contributed by atoms with Crippen LogP contribution in [-0.2, 0) is 6.54 Å². The number of hydrogen-bond donors (Lipinski definition) is 2. The van der Waals surface area contributed by atoms with Gasteiger partial charge in [-0.15, -0.1) is 0 Å². The number of benzene rings is 1. The molecule has 0 saturated carbocycles. The lowest BCUT2D eigenvalue weighted by molar-refractivity contribution is 0.191. The van der Waals surface area contributed by atoms with Gasteiger partial charge in [0.15, 0.2) is 0 Å². The Morgan fingerprint density at radius 1 is 1.56 bits per heavy atom. The average molecular weight is 221 g/mol. The Morgan fingerprint density at radius 2 is 2.38 bits per heavy atom. The van der Waals surface area contributed by atoms with Gasteiger partial charge in [-0.25, -0.2) is 0 Å². The van der Waals surface area contributed by atoms with Crippen molar-refractivity contribution in [1.29, 1.82) is 0 Å². The van der Waals surface area contributed by atoms with Crippen molar-refractivity contribution in [2.24, 2.45) is 0 Å². The highest BCUT2D eigenvalue weighted by Crippen LogP contribution is 2.13. The number of hydrogen-bond acceptors (Lipinski definition) is 3. The van der Waals surface area contributed by atoms with E-state index in [9.17, 15) is 0 Å². The van der Waals surface area contributed by atoms with Gasteiger partial charge in [-0.05, 0) is 24.6 Å². The predicted octanol–water partition coefficient (Wildman–Crippen LogP) is 1.72. The molecule has 0 saturated heterocycles. The summed E-state index contributed by atoms with van der Waals surface area (Å²) in [5.74, 6) is 0.844. The van der Waals surface area contributed by atoms with Crippen LogP contribution < -0.4 is 10.1 Å². The first-order valence-electron chi connectivity index (χ1n) is 5.44. The van der Waals surface area contributed by atoms with E-state index in [0.717, 1.165) is 17.9 Å². The van der Waals surface area contributed by atoms with Crippen LogP contribution in [0, 0.1) is 0 Å². The molecule has 0 fully saturated rings. The minimum atomic E-state index is -0.319. The van der Waals surface area contributed by atoms with Crippen molar-refractivity contribution in [3.63, 3.8) is 0 Å². The molecule has 0 aliphatic carbocycles. The maximum atomic E-state index is 9.10. The van der Waals surface area contributed by atoms with Gasteiger partial charge in [-0.2, -0.15) is 0 Å². The summed E-state index contributed by atoms with van der Waals surface area (Å²) >= 11 is 0. The number of nitrogens with one attached hydrogen (secondary N) is 1. The van der Waals surface area contributed by atoms with Gasteiger partial charge >= 0.3 is 0 Å². The van der Waals surface area contributed by atoms with Crippen molar-refractivity contribution in [2.75, 3.05) is 13.2 Å². The Balaban J connectivity index is 2.43. The second kappa shape index (κ2) is 7.04. The SMILES string of the molecule is C=CCOc1cccc(CNCC(C)O)c1. The Hall–Kier alpha value is -1.32. The van der Waals surface area contributed by atoms with Crippen LogP contribution in [0.2, 0.25) is 0 Å². The zero-order valence-electron chi connectivity index (χ0n) is 9.65. The Kier molecular flexibility index (Phi) is 5.61. The summed E-state index contributed by atoms with van der Waals surface area (Å²) in [6.07, 6.45) is 1.40. The molecule has 0 aromatic heterocycles. The standard InChI is InChI=1S/C13H19NO2/c1-3-7-16-13-6-4-5-12(8-13)10-14-9-11(2)15/h3-6,8,11,14-15H,1,7,9-10H2,2H3. The Bertz CT molecular complexity index is 323. The normalized spacial score (nSPS) is 12.1. The molecule has 0 aliphatic rings. The van der Waals surface area contributed by atoms with Crippen molar-refractivity contribution < 1.29 is 9.84 Å². The van der Waals surface area contributed by atoms with Gasteiger partial charge in [0.25, 0.3) is 0 Å². The van der Waals surface area contributed by atoms with Crippen LogP contribution in [0.5, 0.6) is 5.75 Å². The molecular formula is C13H19NO2. The van der Waals surface area contributed by atoms with Crippen LogP contribution in [0.3, 0.4) is 0 Å². The van der Waals surface area contributed by atoms with E-state index in [1.807, 2.05) is 24.3 Å². The molecule has 0 bridgehead atoms. The highest BCUT2D eigenvalue weighted by Gasteiger charge is 1.98. The van der Waals surface area contributed by atoms with Gasteiger partial charge in [0, 0.05) is 13.1 Å². The summed E-state index contributed by atoms with van der Waals surface area (Å²) in [6, 6.07) is 7.88. The third-order valence-electron chi connectivity index (χ3n) is 2.04. The van der Waals surface area contributed by atoms with Crippen LogP contribution >= 0.6 is 0 Å². The van der Waals surface area contributed by atoms with Gasteiger partial charge in [-0.3, -0.25) is 0 Å². The van der Waals surface area contributed by atoms with Crippen molar-refractivity contribution in [3.05, 3.63) is 42.5 Å². The van der Waals surface area contributed by atoms with Crippen LogP contribution in [0.25, 0.3) is 0 Å². The largest absolute Gasteiger partial charge is 0.490 e. The third kappa shape index (κ3) is 4.96. The molecule has 3 nitrogen and oxygen atoms in total.